The van der Waals surface area contributed by atoms with Gasteiger partial charge in [0.15, 0.2) is 5.76 Å². The maximum Gasteiger partial charge on any atom is 0.231 e. The summed E-state index contributed by atoms with van der Waals surface area (Å²) in [4.78, 5) is 12.7. The van der Waals surface area contributed by atoms with Crippen LogP contribution in [0.4, 0.5) is 0 Å². The molecular weight excluding hydrogens is 407 g/mol. The second kappa shape index (κ2) is 7.94. The van der Waals surface area contributed by atoms with Crippen LogP contribution in [0.2, 0.25) is 10.0 Å². The van der Waals surface area contributed by atoms with Crippen LogP contribution in [0.5, 0.6) is 11.5 Å². The maximum absolute atomic E-state index is 12.7. The van der Waals surface area contributed by atoms with E-state index in [4.69, 9.17) is 32.7 Å². The first kappa shape index (κ1) is 19.6. The number of ether oxygens (including phenoxy) is 2. The Morgan fingerprint density at radius 3 is 2.55 bits per heavy atom. The fraction of sp³-hybridized carbons (Fsp3) is 0.125. The average molecular weight is 425 g/mol. The van der Waals surface area contributed by atoms with Crippen molar-refractivity contribution in [2.75, 3.05) is 0 Å². The van der Waals surface area contributed by atoms with Gasteiger partial charge in [0.2, 0.25) is 5.78 Å². The molecule has 29 heavy (non-hydrogen) atoms. The second-order valence-electron chi connectivity index (χ2n) is 6.89. The molecule has 0 radical (unpaired) electrons. The van der Waals surface area contributed by atoms with Gasteiger partial charge in [-0.2, -0.15) is 0 Å². The highest BCUT2D eigenvalue weighted by atomic mass is 35.5. The molecule has 0 saturated carbocycles. The summed E-state index contributed by atoms with van der Waals surface area (Å²) in [6.07, 6.45) is 1.66. The van der Waals surface area contributed by atoms with Crippen LogP contribution in [-0.2, 0) is 6.61 Å². The Labute approximate surface area is 179 Å². The van der Waals surface area contributed by atoms with Crippen molar-refractivity contribution in [1.29, 1.82) is 0 Å². The molecule has 0 bridgehead atoms. The maximum atomic E-state index is 12.7. The van der Waals surface area contributed by atoms with Crippen LogP contribution in [0.25, 0.3) is 6.08 Å². The number of allylic oxidation sites excluding steroid dienone is 1. The fourth-order valence-electron chi connectivity index (χ4n) is 3.21. The van der Waals surface area contributed by atoms with E-state index in [-0.39, 0.29) is 11.5 Å². The van der Waals surface area contributed by atoms with Gasteiger partial charge in [-0.3, -0.25) is 4.79 Å². The molecule has 0 saturated heterocycles. The number of carbonyl (C=O) groups is 1. The lowest BCUT2D eigenvalue weighted by Crippen LogP contribution is -2.00. The third-order valence-electron chi connectivity index (χ3n) is 4.92. The van der Waals surface area contributed by atoms with E-state index in [1.807, 2.05) is 31.2 Å². The van der Waals surface area contributed by atoms with E-state index in [2.05, 4.69) is 13.0 Å². The molecular formula is C24H18Cl2O3. The van der Waals surface area contributed by atoms with Crippen LogP contribution in [0, 0.1) is 13.8 Å². The Morgan fingerprint density at radius 2 is 1.79 bits per heavy atom. The largest absolute Gasteiger partial charge is 0.488 e. The number of ketones is 1. The highest BCUT2D eigenvalue weighted by molar-refractivity contribution is 6.42. The number of hydrogen-bond donors (Lipinski definition) is 0. The topological polar surface area (TPSA) is 35.5 Å². The molecule has 146 valence electrons. The number of benzene rings is 3. The first-order valence-corrected chi connectivity index (χ1v) is 9.90. The van der Waals surface area contributed by atoms with Gasteiger partial charge in [0.1, 0.15) is 18.1 Å². The van der Waals surface area contributed by atoms with Crippen LogP contribution in [0.3, 0.4) is 0 Å². The molecule has 0 unspecified atom stereocenters. The summed E-state index contributed by atoms with van der Waals surface area (Å²) in [5.74, 6) is 1.30. The normalized spacial score (nSPS) is 14.1. The Balaban J connectivity index is 1.59. The van der Waals surface area contributed by atoms with Gasteiger partial charge in [-0.15, -0.1) is 0 Å². The van der Waals surface area contributed by atoms with Gasteiger partial charge < -0.3 is 9.47 Å². The monoisotopic (exact) mass is 424 g/mol. The number of hydrogen-bond acceptors (Lipinski definition) is 3. The molecule has 0 N–H and O–H groups in total. The summed E-state index contributed by atoms with van der Waals surface area (Å²) in [5, 5.41) is 0.883. The standard InChI is InChI=1S/C24H18Cl2O3/c1-14-5-3-4-6-17(14)13-28-21-10-8-18-23(27)22(29-24(18)15(21)2)12-16-7-9-19(25)20(26)11-16/h3-12H,13H2,1-2H3/b22-12-. The molecule has 1 aliphatic rings. The van der Waals surface area contributed by atoms with Gasteiger partial charge in [-0.1, -0.05) is 53.5 Å². The molecule has 0 aliphatic carbocycles. The van der Waals surface area contributed by atoms with Crippen molar-refractivity contribution < 1.29 is 14.3 Å². The van der Waals surface area contributed by atoms with E-state index in [1.54, 1.807) is 30.3 Å². The summed E-state index contributed by atoms with van der Waals surface area (Å²) in [6, 6.07) is 16.8. The molecule has 0 spiro atoms. The first-order valence-electron chi connectivity index (χ1n) is 9.14. The number of aryl methyl sites for hydroxylation is 1. The van der Waals surface area contributed by atoms with Crippen molar-refractivity contribution >= 4 is 35.1 Å². The Bertz CT molecular complexity index is 1150. The molecule has 3 aromatic rings. The summed E-state index contributed by atoms with van der Waals surface area (Å²) >= 11 is 12.0. The predicted molar refractivity (Wildman–Crippen MR) is 116 cm³/mol. The van der Waals surface area contributed by atoms with E-state index in [1.165, 1.54) is 5.56 Å². The molecule has 3 nitrogen and oxygen atoms in total. The zero-order valence-corrected chi connectivity index (χ0v) is 17.5. The zero-order chi connectivity index (χ0) is 20.5. The molecule has 0 amide bonds. The van der Waals surface area contributed by atoms with Crippen molar-refractivity contribution in [3.63, 3.8) is 0 Å². The number of Topliss-reactive ketones (excluding diaryl/α,β-unsaturated/α-hetero) is 1. The highest BCUT2D eigenvalue weighted by Crippen LogP contribution is 2.39. The van der Waals surface area contributed by atoms with Gasteiger partial charge in [-0.05, 0) is 60.9 Å². The molecule has 0 aromatic heterocycles. The number of rotatable bonds is 4. The van der Waals surface area contributed by atoms with E-state index < -0.39 is 0 Å². The summed E-state index contributed by atoms with van der Waals surface area (Å²) in [6.45, 7) is 4.39. The van der Waals surface area contributed by atoms with Crippen LogP contribution in [0.1, 0.15) is 32.6 Å². The first-order chi connectivity index (χ1) is 13.9. The molecule has 4 rings (SSSR count). The fourth-order valence-corrected chi connectivity index (χ4v) is 3.51. The lowest BCUT2D eigenvalue weighted by molar-refractivity contribution is 0.101. The number of halogens is 2. The lowest BCUT2D eigenvalue weighted by atomic mass is 10.1. The third kappa shape index (κ3) is 3.89. The lowest BCUT2D eigenvalue weighted by Gasteiger charge is -2.12. The van der Waals surface area contributed by atoms with Crippen molar-refractivity contribution in [2.45, 2.75) is 20.5 Å². The zero-order valence-electron chi connectivity index (χ0n) is 16.0. The smallest absolute Gasteiger partial charge is 0.231 e. The molecule has 0 fully saturated rings. The number of fused-ring (bicyclic) bond motifs is 1. The minimum Gasteiger partial charge on any atom is -0.488 e. The second-order valence-corrected chi connectivity index (χ2v) is 7.71. The van der Waals surface area contributed by atoms with Crippen LogP contribution < -0.4 is 9.47 Å². The molecule has 0 atom stereocenters. The Morgan fingerprint density at radius 1 is 1.00 bits per heavy atom. The van der Waals surface area contributed by atoms with Crippen molar-refractivity contribution in [1.82, 2.24) is 0 Å². The van der Waals surface area contributed by atoms with Crippen LogP contribution in [0.15, 0.2) is 60.4 Å². The summed E-state index contributed by atoms with van der Waals surface area (Å²) < 4.78 is 11.9. The minimum atomic E-state index is -0.167. The predicted octanol–water partition coefficient (Wildman–Crippen LogP) is 6.81. The third-order valence-corrected chi connectivity index (χ3v) is 5.66. The SMILES string of the molecule is Cc1ccccc1COc1ccc2c(c1C)O/C(=C\c1ccc(Cl)c(Cl)c1)C2=O. The number of carbonyl (C=O) groups excluding carboxylic acids is 1. The minimum absolute atomic E-state index is 0.167. The van der Waals surface area contributed by atoms with E-state index in [0.29, 0.717) is 33.7 Å². The van der Waals surface area contributed by atoms with E-state index in [0.717, 1.165) is 16.7 Å². The quantitative estimate of drug-likeness (QED) is 0.431. The van der Waals surface area contributed by atoms with Gasteiger partial charge in [0, 0.05) is 5.56 Å². The summed E-state index contributed by atoms with van der Waals surface area (Å²) in [5.41, 5.74) is 4.34. The molecule has 1 aliphatic heterocycles. The van der Waals surface area contributed by atoms with Crippen molar-refractivity contribution in [3.8, 4) is 11.5 Å². The van der Waals surface area contributed by atoms with Gasteiger partial charge in [0.25, 0.3) is 0 Å². The molecule has 3 aromatic carbocycles. The van der Waals surface area contributed by atoms with E-state index in [9.17, 15) is 4.79 Å². The van der Waals surface area contributed by atoms with Crippen molar-refractivity contribution in [2.24, 2.45) is 0 Å². The summed E-state index contributed by atoms with van der Waals surface area (Å²) in [7, 11) is 0. The average Bonchev–Trinajstić information content (AvgIpc) is 3.02. The Hall–Kier alpha value is -2.75. The van der Waals surface area contributed by atoms with E-state index >= 15 is 0 Å². The van der Waals surface area contributed by atoms with Gasteiger partial charge >= 0.3 is 0 Å². The Kier molecular flexibility index (Phi) is 5.35. The highest BCUT2D eigenvalue weighted by Gasteiger charge is 2.30. The van der Waals surface area contributed by atoms with Gasteiger partial charge in [-0.25, -0.2) is 0 Å². The van der Waals surface area contributed by atoms with Crippen LogP contribution in [-0.4, -0.2) is 5.78 Å². The van der Waals surface area contributed by atoms with Crippen LogP contribution >= 0.6 is 23.2 Å². The molecule has 1 heterocycles. The van der Waals surface area contributed by atoms with Crippen molar-refractivity contribution in [3.05, 3.63) is 98.2 Å². The van der Waals surface area contributed by atoms with Gasteiger partial charge in [0.05, 0.1) is 15.6 Å². The molecule has 5 heteroatoms.